The molecule has 0 unspecified atom stereocenters. The van der Waals surface area contributed by atoms with Gasteiger partial charge < -0.3 is 0 Å². The second-order valence-corrected chi connectivity index (χ2v) is 17.7. The molecule has 2 aromatic rings. The second-order valence-electron chi connectivity index (χ2n) is 17.7. The molecule has 0 nitrogen and oxygen atoms in total. The molecule has 0 heteroatoms. The summed E-state index contributed by atoms with van der Waals surface area (Å²) in [5, 5.41) is 3.44. The van der Waals surface area contributed by atoms with Crippen LogP contribution < -0.4 is 0 Å². The van der Waals surface area contributed by atoms with E-state index in [0.29, 0.717) is 10.8 Å². The highest BCUT2D eigenvalue weighted by molar-refractivity contribution is 5.93. The van der Waals surface area contributed by atoms with E-state index in [1.807, 2.05) is 22.3 Å². The van der Waals surface area contributed by atoms with Crippen molar-refractivity contribution in [2.24, 2.45) is 11.8 Å². The number of benzene rings is 2. The average molecular weight is 653 g/mol. The summed E-state index contributed by atoms with van der Waals surface area (Å²) in [4.78, 5) is 0. The molecule has 6 rings (SSSR count). The zero-order chi connectivity index (χ0) is 33.1. The summed E-state index contributed by atoms with van der Waals surface area (Å²) >= 11 is 0. The van der Waals surface area contributed by atoms with Crippen LogP contribution in [0.4, 0.5) is 0 Å². The predicted octanol–water partition coefficient (Wildman–Crippen LogP) is 15.4. The van der Waals surface area contributed by atoms with Gasteiger partial charge in [-0.1, -0.05) is 167 Å². The first-order valence-electron chi connectivity index (χ1n) is 22.3. The van der Waals surface area contributed by atoms with Crippen molar-refractivity contribution in [3.05, 3.63) is 46.5 Å². The highest BCUT2D eigenvalue weighted by atomic mass is 14.6. The van der Waals surface area contributed by atoms with Crippen molar-refractivity contribution >= 4 is 10.8 Å². The van der Waals surface area contributed by atoms with E-state index in [0.717, 1.165) is 11.8 Å². The average Bonchev–Trinajstić information content (AvgIpc) is 3.95. The lowest BCUT2D eigenvalue weighted by molar-refractivity contribution is 0.244. The second kappa shape index (κ2) is 18.3. The molecule has 0 aliphatic heterocycles. The van der Waals surface area contributed by atoms with Gasteiger partial charge in [-0.3, -0.25) is 0 Å². The summed E-state index contributed by atoms with van der Waals surface area (Å²) in [5.41, 5.74) is 8.71. The number of fused-ring (bicyclic) bond motifs is 1. The molecule has 2 aromatic carbocycles. The van der Waals surface area contributed by atoms with E-state index in [1.54, 1.807) is 10.8 Å². The number of hydrogen-bond donors (Lipinski definition) is 0. The standard InChI is InChI=1S/C48H76/c1-3-5-7-9-11-13-15-31-41-42-32-21-22-34-44(42)46(48(37-25-26-38-48)40-29-19-20-30-40)45(43(41)33-16-14-12-10-8-6-4-2)47(35-23-24-36-47)39-27-17-18-28-39/h21-22,32,34,39-40H,3-20,23-31,33,35-38H2,1-2H3. The van der Waals surface area contributed by atoms with Crippen LogP contribution >= 0.6 is 0 Å². The molecule has 4 fully saturated rings. The van der Waals surface area contributed by atoms with Crippen molar-refractivity contribution in [3.63, 3.8) is 0 Å². The van der Waals surface area contributed by atoms with E-state index in [9.17, 15) is 0 Å². The van der Waals surface area contributed by atoms with Gasteiger partial charge in [0, 0.05) is 0 Å². The summed E-state index contributed by atoms with van der Waals surface area (Å²) < 4.78 is 0. The smallest absolute Gasteiger partial charge is 0.000956 e. The van der Waals surface area contributed by atoms with Crippen molar-refractivity contribution in [3.8, 4) is 0 Å². The van der Waals surface area contributed by atoms with E-state index >= 15 is 0 Å². The van der Waals surface area contributed by atoms with Crippen LogP contribution in [0, 0.1) is 11.8 Å². The van der Waals surface area contributed by atoms with Crippen LogP contribution in [0.2, 0.25) is 0 Å². The highest BCUT2D eigenvalue weighted by Gasteiger charge is 2.52. The molecule has 268 valence electrons. The summed E-state index contributed by atoms with van der Waals surface area (Å²) in [6.45, 7) is 4.71. The quantitative estimate of drug-likeness (QED) is 0.125. The van der Waals surface area contributed by atoms with Crippen LogP contribution in [-0.2, 0) is 23.7 Å². The molecule has 4 saturated carbocycles. The van der Waals surface area contributed by atoms with Crippen LogP contribution in [0.1, 0.15) is 229 Å². The van der Waals surface area contributed by atoms with E-state index in [2.05, 4.69) is 38.1 Å². The summed E-state index contributed by atoms with van der Waals surface area (Å²) in [6.07, 6.45) is 46.3. The fourth-order valence-electron chi connectivity index (χ4n) is 12.4. The molecule has 4 aliphatic carbocycles. The molecule has 0 saturated heterocycles. The molecule has 0 amide bonds. The molecule has 0 N–H and O–H groups in total. The summed E-state index contributed by atoms with van der Waals surface area (Å²) in [7, 11) is 0. The van der Waals surface area contributed by atoms with Crippen LogP contribution in [0.25, 0.3) is 10.8 Å². The van der Waals surface area contributed by atoms with Crippen LogP contribution in [0.3, 0.4) is 0 Å². The van der Waals surface area contributed by atoms with Gasteiger partial charge in [-0.2, -0.15) is 0 Å². The van der Waals surface area contributed by atoms with Gasteiger partial charge in [-0.25, -0.2) is 0 Å². The Bertz CT molecular complexity index is 1220. The minimum atomic E-state index is 0.437. The molecule has 0 spiro atoms. The minimum Gasteiger partial charge on any atom is -0.0654 e. The SMILES string of the molecule is CCCCCCCCCc1c(C2(C3CCCC3)CCCC2)c(C2(C3CCCC3)CCCC2)c2ccccc2c1CCCCCCCCC. The van der Waals surface area contributed by atoms with Crippen molar-refractivity contribution in [2.45, 2.75) is 230 Å². The zero-order valence-corrected chi connectivity index (χ0v) is 32.1. The molecule has 0 heterocycles. The molecule has 0 bridgehead atoms. The Hall–Kier alpha value is -1.30. The Balaban J connectivity index is 1.49. The van der Waals surface area contributed by atoms with Gasteiger partial charge >= 0.3 is 0 Å². The van der Waals surface area contributed by atoms with Gasteiger partial charge in [0.2, 0.25) is 0 Å². The summed E-state index contributed by atoms with van der Waals surface area (Å²) in [5.74, 6) is 1.85. The molecule has 4 aliphatic rings. The monoisotopic (exact) mass is 653 g/mol. The maximum absolute atomic E-state index is 2.66. The number of aryl methyl sites for hydroxylation is 1. The van der Waals surface area contributed by atoms with Crippen molar-refractivity contribution in [1.82, 2.24) is 0 Å². The van der Waals surface area contributed by atoms with Gasteiger partial charge in [0.1, 0.15) is 0 Å². The molecule has 0 aromatic heterocycles. The lowest BCUT2D eigenvalue weighted by Gasteiger charge is -2.47. The Labute approximate surface area is 298 Å². The van der Waals surface area contributed by atoms with E-state index in [-0.39, 0.29) is 0 Å². The van der Waals surface area contributed by atoms with Crippen molar-refractivity contribution < 1.29 is 0 Å². The maximum Gasteiger partial charge on any atom is -0.000956 e. The molecular weight excluding hydrogens is 577 g/mol. The van der Waals surface area contributed by atoms with Crippen LogP contribution in [0.5, 0.6) is 0 Å². The number of unbranched alkanes of at least 4 members (excludes halogenated alkanes) is 12. The Kier molecular flexibility index (Phi) is 13.9. The third-order valence-corrected chi connectivity index (χ3v) is 14.8. The van der Waals surface area contributed by atoms with E-state index in [1.165, 1.54) is 205 Å². The van der Waals surface area contributed by atoms with E-state index < -0.39 is 0 Å². The lowest BCUT2D eigenvalue weighted by Crippen LogP contribution is -2.40. The summed E-state index contributed by atoms with van der Waals surface area (Å²) in [6, 6.07) is 10.1. The first-order chi connectivity index (χ1) is 23.7. The first kappa shape index (κ1) is 36.5. The third kappa shape index (κ3) is 7.94. The Morgan fingerprint density at radius 2 is 0.833 bits per heavy atom. The zero-order valence-electron chi connectivity index (χ0n) is 32.1. The van der Waals surface area contributed by atoms with Gasteiger partial charge in [-0.05, 0) is 133 Å². The topological polar surface area (TPSA) is 0 Å². The van der Waals surface area contributed by atoms with Gasteiger partial charge in [0.25, 0.3) is 0 Å². The maximum atomic E-state index is 2.66. The number of rotatable bonds is 20. The van der Waals surface area contributed by atoms with Crippen molar-refractivity contribution in [1.29, 1.82) is 0 Å². The predicted molar refractivity (Wildman–Crippen MR) is 212 cm³/mol. The number of hydrogen-bond acceptors (Lipinski definition) is 0. The fourth-order valence-corrected chi connectivity index (χ4v) is 12.4. The van der Waals surface area contributed by atoms with Crippen molar-refractivity contribution in [2.75, 3.05) is 0 Å². The minimum absolute atomic E-state index is 0.437. The lowest BCUT2D eigenvalue weighted by atomic mass is 9.57. The largest absolute Gasteiger partial charge is 0.0654 e. The Morgan fingerprint density at radius 3 is 1.31 bits per heavy atom. The molecule has 0 radical (unpaired) electrons. The van der Waals surface area contributed by atoms with Gasteiger partial charge in [0.05, 0.1) is 0 Å². The van der Waals surface area contributed by atoms with Gasteiger partial charge in [-0.15, -0.1) is 0 Å². The molecule has 0 atom stereocenters. The van der Waals surface area contributed by atoms with E-state index in [4.69, 9.17) is 0 Å². The first-order valence-corrected chi connectivity index (χ1v) is 22.3. The normalized spacial score (nSPS) is 21.3. The van der Waals surface area contributed by atoms with Gasteiger partial charge in [0.15, 0.2) is 0 Å². The highest BCUT2D eigenvalue weighted by Crippen LogP contribution is 2.61. The molecular formula is C48H76. The van der Waals surface area contributed by atoms with Crippen LogP contribution in [0.15, 0.2) is 24.3 Å². The Morgan fingerprint density at radius 1 is 0.438 bits per heavy atom. The fraction of sp³-hybridized carbons (Fsp3) is 0.792. The third-order valence-electron chi connectivity index (χ3n) is 14.8. The molecule has 48 heavy (non-hydrogen) atoms. The van der Waals surface area contributed by atoms with Crippen LogP contribution in [-0.4, -0.2) is 0 Å².